The Hall–Kier alpha value is -1.36. The molecule has 19 heavy (non-hydrogen) atoms. The van der Waals surface area contributed by atoms with E-state index in [1.807, 2.05) is 30.0 Å². The Labute approximate surface area is 117 Å². The van der Waals surface area contributed by atoms with Crippen LogP contribution in [0.3, 0.4) is 0 Å². The van der Waals surface area contributed by atoms with E-state index in [1.165, 1.54) is 25.7 Å². The van der Waals surface area contributed by atoms with Crippen LogP contribution in [-0.2, 0) is 0 Å². The average molecular weight is 276 g/mol. The summed E-state index contributed by atoms with van der Waals surface area (Å²) in [7, 11) is 0. The third-order valence-corrected chi connectivity index (χ3v) is 5.45. The first-order chi connectivity index (χ1) is 9.21. The molecule has 1 aliphatic carbocycles. The first-order valence-corrected chi connectivity index (χ1v) is 7.98. The van der Waals surface area contributed by atoms with Crippen LogP contribution in [0.5, 0.6) is 0 Å². The van der Waals surface area contributed by atoms with Crippen molar-refractivity contribution in [3.05, 3.63) is 18.2 Å². The van der Waals surface area contributed by atoms with Crippen LogP contribution in [0.2, 0.25) is 0 Å². The number of nitrogens with two attached hydrogens (primary N) is 1. The number of imidazole rings is 1. The number of hydrogen-bond acceptors (Lipinski definition) is 4. The number of benzene rings is 1. The summed E-state index contributed by atoms with van der Waals surface area (Å²) in [5.41, 5.74) is 8.49. The van der Waals surface area contributed by atoms with Crippen LogP contribution in [0.15, 0.2) is 18.2 Å². The molecule has 4 N–H and O–H groups in total. The van der Waals surface area contributed by atoms with E-state index in [4.69, 9.17) is 5.73 Å². The van der Waals surface area contributed by atoms with Gasteiger partial charge in [-0.05, 0) is 37.3 Å². The normalized spacial score (nSPS) is 17.9. The minimum Gasteiger partial charge on any atom is -0.399 e. The molecule has 0 bridgehead atoms. The fourth-order valence-electron chi connectivity index (χ4n) is 2.83. The van der Waals surface area contributed by atoms with Crippen LogP contribution >= 0.6 is 11.8 Å². The molecule has 0 saturated heterocycles. The number of hydrogen-bond donors (Lipinski definition) is 3. The van der Waals surface area contributed by atoms with Crippen molar-refractivity contribution in [1.82, 2.24) is 9.97 Å². The minimum absolute atomic E-state index is 0.387. The molecule has 0 amide bonds. The Morgan fingerprint density at radius 3 is 2.95 bits per heavy atom. The molecule has 1 aromatic carbocycles. The second-order valence-corrected chi connectivity index (χ2v) is 6.58. The molecule has 0 unspecified atom stereocenters. The lowest BCUT2D eigenvalue weighted by molar-refractivity contribution is 0.638. The lowest BCUT2D eigenvalue weighted by atomic mass is 10.1. The number of nitrogens with zero attached hydrogens (tertiary/aromatic N) is 1. The number of anilines is 2. The van der Waals surface area contributed by atoms with Gasteiger partial charge in [0.15, 0.2) is 0 Å². The van der Waals surface area contributed by atoms with Crippen LogP contribution in [0.25, 0.3) is 11.0 Å². The van der Waals surface area contributed by atoms with Crippen molar-refractivity contribution in [3.8, 4) is 0 Å². The Morgan fingerprint density at radius 2 is 2.21 bits per heavy atom. The summed E-state index contributed by atoms with van der Waals surface area (Å²) in [4.78, 5) is 7.84. The van der Waals surface area contributed by atoms with Gasteiger partial charge in [0.2, 0.25) is 5.95 Å². The van der Waals surface area contributed by atoms with E-state index < -0.39 is 0 Å². The monoisotopic (exact) mass is 276 g/mol. The van der Waals surface area contributed by atoms with E-state index in [9.17, 15) is 0 Å². The number of aromatic amines is 1. The third kappa shape index (κ3) is 2.52. The molecular weight excluding hydrogens is 256 g/mol. The second-order valence-electron chi connectivity index (χ2n) is 5.31. The van der Waals surface area contributed by atoms with E-state index in [1.54, 1.807) is 0 Å². The maximum absolute atomic E-state index is 5.78. The van der Waals surface area contributed by atoms with Gasteiger partial charge < -0.3 is 16.0 Å². The Kier molecular flexibility index (Phi) is 3.31. The highest BCUT2D eigenvalue weighted by atomic mass is 32.2. The summed E-state index contributed by atoms with van der Waals surface area (Å²) in [5.74, 6) is 0.848. The molecule has 1 aliphatic rings. The predicted molar refractivity (Wildman–Crippen MR) is 83.7 cm³/mol. The smallest absolute Gasteiger partial charge is 0.201 e. The van der Waals surface area contributed by atoms with Crippen molar-refractivity contribution < 1.29 is 0 Å². The van der Waals surface area contributed by atoms with Gasteiger partial charge in [0.05, 0.1) is 11.0 Å². The molecule has 1 fully saturated rings. The number of H-pyrrole nitrogens is 1. The maximum atomic E-state index is 5.78. The number of fused-ring (bicyclic) bond motifs is 1. The summed E-state index contributed by atoms with van der Waals surface area (Å²) >= 11 is 1.98. The number of thioether (sulfide) groups is 1. The molecule has 1 heterocycles. The summed E-state index contributed by atoms with van der Waals surface area (Å²) in [6.07, 6.45) is 7.51. The van der Waals surface area contributed by atoms with E-state index in [0.717, 1.165) is 29.2 Å². The molecule has 3 rings (SSSR count). The fraction of sp³-hybridized carbons (Fsp3) is 0.500. The molecule has 2 aromatic rings. The van der Waals surface area contributed by atoms with Crippen LogP contribution in [0, 0.1) is 0 Å². The molecule has 1 aromatic heterocycles. The van der Waals surface area contributed by atoms with Gasteiger partial charge in [-0.2, -0.15) is 11.8 Å². The first-order valence-electron chi connectivity index (χ1n) is 6.75. The highest BCUT2D eigenvalue weighted by Crippen LogP contribution is 2.40. The van der Waals surface area contributed by atoms with Crippen molar-refractivity contribution in [3.63, 3.8) is 0 Å². The van der Waals surface area contributed by atoms with E-state index >= 15 is 0 Å². The lowest BCUT2D eigenvalue weighted by Crippen LogP contribution is -2.30. The number of rotatable bonds is 4. The van der Waals surface area contributed by atoms with Gasteiger partial charge in [0.1, 0.15) is 0 Å². The zero-order chi connectivity index (χ0) is 13.3. The van der Waals surface area contributed by atoms with E-state index in [0.29, 0.717) is 4.75 Å². The first kappa shape index (κ1) is 12.7. The van der Waals surface area contributed by atoms with Gasteiger partial charge in [-0.1, -0.05) is 12.8 Å². The quantitative estimate of drug-likeness (QED) is 0.750. The van der Waals surface area contributed by atoms with Crippen LogP contribution in [-0.4, -0.2) is 27.5 Å². The molecule has 0 atom stereocenters. The zero-order valence-electron chi connectivity index (χ0n) is 11.2. The minimum atomic E-state index is 0.387. The standard InChI is InChI=1S/C14H20N4S/c1-19-14(6-2-3-7-14)9-16-13-17-11-5-4-10(15)8-12(11)18-13/h4-5,8H,2-3,6-7,9,15H2,1H3,(H2,16,17,18). The van der Waals surface area contributed by atoms with Gasteiger partial charge in [0.25, 0.3) is 0 Å². The number of nitrogen functional groups attached to an aromatic ring is 1. The Morgan fingerprint density at radius 1 is 1.42 bits per heavy atom. The summed E-state index contributed by atoms with van der Waals surface area (Å²) in [6, 6.07) is 5.76. The molecule has 102 valence electrons. The summed E-state index contributed by atoms with van der Waals surface area (Å²) < 4.78 is 0.387. The molecule has 4 nitrogen and oxygen atoms in total. The van der Waals surface area contributed by atoms with Gasteiger partial charge in [-0.25, -0.2) is 4.98 Å². The largest absolute Gasteiger partial charge is 0.399 e. The van der Waals surface area contributed by atoms with Crippen molar-refractivity contribution in [1.29, 1.82) is 0 Å². The second kappa shape index (κ2) is 4.96. The Balaban J connectivity index is 1.74. The van der Waals surface area contributed by atoms with Gasteiger partial charge in [-0.3, -0.25) is 0 Å². The lowest BCUT2D eigenvalue weighted by Gasteiger charge is -2.26. The molecular formula is C14H20N4S. The maximum Gasteiger partial charge on any atom is 0.201 e. The van der Waals surface area contributed by atoms with Crippen molar-refractivity contribution in [2.45, 2.75) is 30.4 Å². The molecule has 1 saturated carbocycles. The van der Waals surface area contributed by atoms with Gasteiger partial charge in [0, 0.05) is 17.0 Å². The zero-order valence-corrected chi connectivity index (χ0v) is 12.0. The fourth-order valence-corrected chi connectivity index (χ4v) is 3.74. The van der Waals surface area contributed by atoms with E-state index in [2.05, 4.69) is 21.5 Å². The van der Waals surface area contributed by atoms with Crippen molar-refractivity contribution in [2.75, 3.05) is 23.9 Å². The summed E-state index contributed by atoms with van der Waals surface area (Å²) in [6.45, 7) is 0.976. The van der Waals surface area contributed by atoms with Crippen molar-refractivity contribution >= 4 is 34.4 Å². The highest BCUT2D eigenvalue weighted by Gasteiger charge is 2.32. The van der Waals surface area contributed by atoms with Crippen LogP contribution < -0.4 is 11.1 Å². The van der Waals surface area contributed by atoms with E-state index in [-0.39, 0.29) is 0 Å². The SMILES string of the molecule is CSC1(CNc2nc3ccc(N)cc3[nH]2)CCCC1. The average Bonchev–Trinajstić information content (AvgIpc) is 3.02. The highest BCUT2D eigenvalue weighted by molar-refractivity contribution is 8.00. The van der Waals surface area contributed by atoms with Crippen LogP contribution in [0.4, 0.5) is 11.6 Å². The number of aromatic nitrogens is 2. The topological polar surface area (TPSA) is 66.7 Å². The molecule has 5 heteroatoms. The molecule has 0 radical (unpaired) electrons. The Bertz CT molecular complexity index is 572. The number of nitrogens with one attached hydrogen (secondary N) is 2. The van der Waals surface area contributed by atoms with Crippen molar-refractivity contribution in [2.24, 2.45) is 0 Å². The van der Waals surface area contributed by atoms with Gasteiger partial charge >= 0.3 is 0 Å². The predicted octanol–water partition coefficient (Wildman–Crippen LogP) is 3.23. The molecule has 0 spiro atoms. The van der Waals surface area contributed by atoms with Crippen LogP contribution in [0.1, 0.15) is 25.7 Å². The summed E-state index contributed by atoms with van der Waals surface area (Å²) in [5, 5.41) is 3.46. The van der Waals surface area contributed by atoms with Gasteiger partial charge in [-0.15, -0.1) is 0 Å². The third-order valence-electron chi connectivity index (χ3n) is 4.03. The molecule has 0 aliphatic heterocycles.